The van der Waals surface area contributed by atoms with Crippen LogP contribution < -0.4 is 4.90 Å². The average molecular weight is 466 g/mol. The highest BCUT2D eigenvalue weighted by Crippen LogP contribution is 2.37. The van der Waals surface area contributed by atoms with Crippen molar-refractivity contribution in [1.82, 2.24) is 9.13 Å². The second-order valence-corrected chi connectivity index (χ2v) is 9.46. The van der Waals surface area contributed by atoms with Crippen molar-refractivity contribution in [2.24, 2.45) is 0 Å². The molecule has 0 atom stereocenters. The van der Waals surface area contributed by atoms with Gasteiger partial charge in [0.2, 0.25) is 0 Å². The van der Waals surface area contributed by atoms with Gasteiger partial charge in [0.15, 0.2) is 0 Å². The lowest BCUT2D eigenvalue weighted by atomic mass is 10.2. The van der Waals surface area contributed by atoms with E-state index in [9.17, 15) is 0 Å². The van der Waals surface area contributed by atoms with Gasteiger partial charge in [-0.15, -0.1) is 0 Å². The third-order valence-corrected chi connectivity index (χ3v) is 7.48. The summed E-state index contributed by atoms with van der Waals surface area (Å²) in [6.07, 6.45) is 0. The first-order valence-electron chi connectivity index (χ1n) is 12.6. The van der Waals surface area contributed by atoms with E-state index in [1.165, 1.54) is 60.7 Å². The molecule has 0 spiro atoms. The lowest BCUT2D eigenvalue weighted by molar-refractivity contribution is 0.962. The van der Waals surface area contributed by atoms with Gasteiger partial charge in [0.1, 0.15) is 0 Å². The molecule has 36 heavy (non-hydrogen) atoms. The highest BCUT2D eigenvalue weighted by Gasteiger charge is 2.17. The van der Waals surface area contributed by atoms with Crippen molar-refractivity contribution >= 4 is 49.3 Å². The zero-order chi connectivity index (χ0) is 24.2. The fourth-order valence-electron chi connectivity index (χ4n) is 5.64. The van der Waals surface area contributed by atoms with Crippen molar-refractivity contribution in [3.63, 3.8) is 0 Å². The third kappa shape index (κ3) is 2.99. The van der Waals surface area contributed by atoms with E-state index >= 15 is 0 Å². The summed E-state index contributed by atoms with van der Waals surface area (Å²) in [5.74, 6) is 0. The monoisotopic (exact) mass is 465 g/mol. The Kier molecular flexibility index (Phi) is 4.65. The number of fused-ring (bicyclic) bond motifs is 6. The topological polar surface area (TPSA) is 13.1 Å². The van der Waals surface area contributed by atoms with Gasteiger partial charge in [0.25, 0.3) is 0 Å². The van der Waals surface area contributed by atoms with E-state index in [0.29, 0.717) is 0 Å². The largest absolute Gasteiger partial charge is 0.375 e. The van der Waals surface area contributed by atoms with Crippen LogP contribution >= 0.6 is 0 Å². The standard InChI is InChI=1S/C33H27N3/c1-3-34(2)23-20-24(35-30-16-8-4-12-26(30)27-13-5-9-17-31(27)35)22-25(21-23)36-32-18-10-6-14-28(32)29-15-7-11-19-33(29)36/h4-22H,3H2,1-2H3. The third-order valence-electron chi connectivity index (χ3n) is 7.48. The smallest absolute Gasteiger partial charge is 0.0541 e. The zero-order valence-electron chi connectivity index (χ0n) is 20.5. The summed E-state index contributed by atoms with van der Waals surface area (Å²) < 4.78 is 4.82. The van der Waals surface area contributed by atoms with Crippen LogP contribution in [0.4, 0.5) is 5.69 Å². The molecule has 0 fully saturated rings. The van der Waals surface area contributed by atoms with Crippen molar-refractivity contribution in [2.45, 2.75) is 6.92 Å². The lowest BCUT2D eigenvalue weighted by Gasteiger charge is -2.21. The Balaban J connectivity index is 1.60. The van der Waals surface area contributed by atoms with Crippen molar-refractivity contribution in [1.29, 1.82) is 0 Å². The summed E-state index contributed by atoms with van der Waals surface area (Å²) in [4.78, 5) is 2.31. The minimum absolute atomic E-state index is 0.934. The molecule has 2 heterocycles. The van der Waals surface area contributed by atoms with Gasteiger partial charge in [-0.2, -0.15) is 0 Å². The molecule has 0 amide bonds. The van der Waals surface area contributed by atoms with Crippen molar-refractivity contribution in [3.05, 3.63) is 115 Å². The summed E-state index contributed by atoms with van der Waals surface area (Å²) in [7, 11) is 2.17. The summed E-state index contributed by atoms with van der Waals surface area (Å²) >= 11 is 0. The maximum atomic E-state index is 2.41. The predicted molar refractivity (Wildman–Crippen MR) is 154 cm³/mol. The number of rotatable bonds is 4. The molecule has 0 aliphatic rings. The summed E-state index contributed by atoms with van der Waals surface area (Å²) in [6.45, 7) is 3.14. The first-order chi connectivity index (χ1) is 17.7. The minimum Gasteiger partial charge on any atom is -0.375 e. The van der Waals surface area contributed by atoms with E-state index in [2.05, 4.69) is 143 Å². The Morgan fingerprint density at radius 1 is 0.500 bits per heavy atom. The molecule has 0 saturated heterocycles. The number of anilines is 1. The quantitative estimate of drug-likeness (QED) is 0.255. The number of hydrogen-bond acceptors (Lipinski definition) is 1. The van der Waals surface area contributed by atoms with Gasteiger partial charge in [-0.25, -0.2) is 0 Å². The fourth-order valence-corrected chi connectivity index (χ4v) is 5.64. The predicted octanol–water partition coefficient (Wildman–Crippen LogP) is 8.34. The molecular formula is C33H27N3. The Morgan fingerprint density at radius 2 is 0.833 bits per heavy atom. The summed E-state index contributed by atoms with van der Waals surface area (Å²) in [5, 5.41) is 5.11. The molecule has 2 aromatic heterocycles. The van der Waals surface area contributed by atoms with Crippen LogP contribution in [0, 0.1) is 0 Å². The summed E-state index contributed by atoms with van der Waals surface area (Å²) in [6, 6.07) is 41.8. The van der Waals surface area contributed by atoms with Crippen LogP contribution in [0.2, 0.25) is 0 Å². The van der Waals surface area contributed by atoms with Crippen molar-refractivity contribution < 1.29 is 0 Å². The average Bonchev–Trinajstić information content (AvgIpc) is 3.45. The van der Waals surface area contributed by atoms with E-state index < -0.39 is 0 Å². The minimum atomic E-state index is 0.934. The number of nitrogens with zero attached hydrogens (tertiary/aromatic N) is 3. The van der Waals surface area contributed by atoms with Crippen molar-refractivity contribution in [3.8, 4) is 11.4 Å². The zero-order valence-corrected chi connectivity index (χ0v) is 20.5. The number of benzene rings is 5. The van der Waals surface area contributed by atoms with Crippen LogP contribution in [-0.4, -0.2) is 22.7 Å². The molecule has 0 bridgehead atoms. The molecule has 0 unspecified atom stereocenters. The van der Waals surface area contributed by atoms with Gasteiger partial charge >= 0.3 is 0 Å². The van der Waals surface area contributed by atoms with E-state index in [1.54, 1.807) is 0 Å². The molecule has 174 valence electrons. The fraction of sp³-hybridized carbons (Fsp3) is 0.0909. The number of aromatic nitrogens is 2. The van der Waals surface area contributed by atoms with Crippen LogP contribution in [-0.2, 0) is 0 Å². The van der Waals surface area contributed by atoms with Gasteiger partial charge < -0.3 is 14.0 Å². The SMILES string of the molecule is CCN(C)c1cc(-n2c3ccccc3c3ccccc32)cc(-n2c3ccccc3c3ccccc32)c1. The van der Waals surface area contributed by atoms with Gasteiger partial charge in [-0.3, -0.25) is 0 Å². The molecule has 3 heteroatoms. The Hall–Kier alpha value is -4.50. The van der Waals surface area contributed by atoms with Gasteiger partial charge in [0, 0.05) is 40.8 Å². The van der Waals surface area contributed by atoms with E-state index in [1.807, 2.05) is 0 Å². The first kappa shape index (κ1) is 20.8. The lowest BCUT2D eigenvalue weighted by Crippen LogP contribution is -2.16. The highest BCUT2D eigenvalue weighted by atomic mass is 15.1. The van der Waals surface area contributed by atoms with Gasteiger partial charge in [-0.1, -0.05) is 72.8 Å². The second-order valence-electron chi connectivity index (χ2n) is 9.46. The number of hydrogen-bond donors (Lipinski definition) is 0. The maximum absolute atomic E-state index is 2.41. The second kappa shape index (κ2) is 8.03. The van der Waals surface area contributed by atoms with Crippen LogP contribution in [0.25, 0.3) is 55.0 Å². The van der Waals surface area contributed by atoms with E-state index in [4.69, 9.17) is 0 Å². The Bertz CT molecular complexity index is 1670. The first-order valence-corrected chi connectivity index (χ1v) is 12.6. The molecule has 7 rings (SSSR count). The molecule has 3 nitrogen and oxygen atoms in total. The Morgan fingerprint density at radius 3 is 1.17 bits per heavy atom. The van der Waals surface area contributed by atoms with Gasteiger partial charge in [-0.05, 0) is 49.4 Å². The van der Waals surface area contributed by atoms with E-state index in [0.717, 1.165) is 6.54 Å². The molecule has 0 aliphatic heterocycles. The van der Waals surface area contributed by atoms with Crippen LogP contribution in [0.3, 0.4) is 0 Å². The highest BCUT2D eigenvalue weighted by molar-refractivity contribution is 6.10. The number of para-hydroxylation sites is 4. The van der Waals surface area contributed by atoms with Crippen LogP contribution in [0.1, 0.15) is 6.92 Å². The normalized spacial score (nSPS) is 11.7. The summed E-state index contributed by atoms with van der Waals surface area (Å²) in [5.41, 5.74) is 8.44. The van der Waals surface area contributed by atoms with E-state index in [-0.39, 0.29) is 0 Å². The molecule has 0 aliphatic carbocycles. The molecule has 0 N–H and O–H groups in total. The molecular weight excluding hydrogens is 438 g/mol. The van der Waals surface area contributed by atoms with Crippen LogP contribution in [0.5, 0.6) is 0 Å². The molecule has 7 aromatic rings. The van der Waals surface area contributed by atoms with Crippen LogP contribution in [0.15, 0.2) is 115 Å². The molecule has 0 saturated carbocycles. The molecule has 5 aromatic carbocycles. The Labute approximate surface area is 210 Å². The maximum Gasteiger partial charge on any atom is 0.0541 e. The molecule has 0 radical (unpaired) electrons. The van der Waals surface area contributed by atoms with Crippen molar-refractivity contribution in [2.75, 3.05) is 18.5 Å². The van der Waals surface area contributed by atoms with Gasteiger partial charge in [0.05, 0.1) is 33.4 Å².